The average Bonchev–Trinajstić information content (AvgIpc) is 4.03. The summed E-state index contributed by atoms with van der Waals surface area (Å²) in [6.07, 6.45) is 5.15. The minimum Gasteiger partial charge on any atom is -0.453 e. The van der Waals surface area contributed by atoms with Crippen LogP contribution in [0.4, 0.5) is 4.79 Å². The van der Waals surface area contributed by atoms with Crippen LogP contribution in [0.25, 0.3) is 44.4 Å². The highest BCUT2D eigenvalue weighted by Gasteiger charge is 2.85. The molecule has 3 saturated heterocycles. The van der Waals surface area contributed by atoms with E-state index in [1.54, 1.807) is 7.11 Å². The van der Waals surface area contributed by atoms with E-state index in [-0.39, 0.29) is 53.9 Å². The van der Waals surface area contributed by atoms with Crippen LogP contribution in [0.15, 0.2) is 73.1 Å². The number of piperidine rings is 2. The van der Waals surface area contributed by atoms with Crippen molar-refractivity contribution in [1.82, 2.24) is 40.4 Å². The number of alkyl carbamates (subject to hydrolysis) is 1. The molecule has 3 aromatic carbocycles. The standard InChI is InChI=1S/C46H52N8O5/c1-22(2)38(49-21-58-5)44(55)53-33-17-30(33)18-34(53)42-47-19-31(50-42)28-9-7-8-24(15-28)25-10-11-27-16-29(13-12-26(27)14-25)32-20-48-43(51-32)41-37-35-36(37)40(35)54(41)45(56)39(23(3)4)52-46(57)59-6/h7-16,19-20,22-23,30,33-41,49H,17-18,21H2,1-6H3,(H,47,50)(H,48,51)(H,52,57)/t30-,33-,34+,35-,36?,37?,38+,39+,40?,41+/m1/s1. The van der Waals surface area contributed by atoms with Gasteiger partial charge in [-0.25, -0.2) is 14.8 Å². The summed E-state index contributed by atoms with van der Waals surface area (Å²) >= 11 is 0. The van der Waals surface area contributed by atoms with Gasteiger partial charge in [0, 0.05) is 30.3 Å². The van der Waals surface area contributed by atoms with Crippen LogP contribution in [-0.4, -0.2) is 92.8 Å². The van der Waals surface area contributed by atoms with E-state index in [2.05, 4.69) is 100 Å². The molecule has 2 bridgehead atoms. The summed E-state index contributed by atoms with van der Waals surface area (Å²) in [7, 11) is 2.95. The van der Waals surface area contributed by atoms with Crippen LogP contribution in [0.1, 0.15) is 64.3 Å². The summed E-state index contributed by atoms with van der Waals surface area (Å²) < 4.78 is 10.1. The molecule has 0 spiro atoms. The fourth-order valence-electron chi connectivity index (χ4n) is 10.4. The number of amides is 3. The molecule has 2 aromatic heterocycles. The van der Waals surface area contributed by atoms with E-state index in [0.29, 0.717) is 30.4 Å². The average molecular weight is 797 g/mol. The van der Waals surface area contributed by atoms with E-state index in [9.17, 15) is 14.4 Å². The van der Waals surface area contributed by atoms with Crippen molar-refractivity contribution < 1.29 is 23.9 Å². The number of H-pyrrole nitrogens is 2. The van der Waals surface area contributed by atoms with Crippen LogP contribution < -0.4 is 10.6 Å². The molecule has 59 heavy (non-hydrogen) atoms. The van der Waals surface area contributed by atoms with Crippen LogP contribution >= 0.6 is 0 Å². The van der Waals surface area contributed by atoms with Crippen molar-refractivity contribution in [3.63, 3.8) is 0 Å². The van der Waals surface area contributed by atoms with Gasteiger partial charge < -0.3 is 34.6 Å². The summed E-state index contributed by atoms with van der Waals surface area (Å²) in [6, 6.07) is 20.8. The van der Waals surface area contributed by atoms with Gasteiger partial charge in [0.05, 0.1) is 55.7 Å². The maximum absolute atomic E-state index is 13.9. The molecule has 3 saturated carbocycles. The van der Waals surface area contributed by atoms with Crippen molar-refractivity contribution in [2.75, 3.05) is 21.0 Å². The molecular formula is C46H52N8O5. The Kier molecular flexibility index (Phi) is 9.17. The second-order valence-electron chi connectivity index (χ2n) is 17.9. The highest BCUT2D eigenvalue weighted by Crippen LogP contribution is 2.81. The number of fused-ring (bicyclic) bond motifs is 3. The Morgan fingerprint density at radius 3 is 2.05 bits per heavy atom. The Balaban J connectivity index is 0.850. The Labute approximate surface area is 343 Å². The van der Waals surface area contributed by atoms with Gasteiger partial charge in [-0.05, 0) is 88.4 Å². The first-order chi connectivity index (χ1) is 28.6. The molecule has 5 aromatic rings. The van der Waals surface area contributed by atoms with Crippen LogP contribution in [0.5, 0.6) is 0 Å². The lowest BCUT2D eigenvalue weighted by Gasteiger charge is -2.32. The number of rotatable bonds is 13. The summed E-state index contributed by atoms with van der Waals surface area (Å²) in [5.74, 6) is 3.76. The Hall–Kier alpha value is -5.53. The molecule has 6 aliphatic rings. The van der Waals surface area contributed by atoms with Crippen LogP contribution in [0, 0.1) is 35.5 Å². The first kappa shape index (κ1) is 37.7. The van der Waals surface area contributed by atoms with Crippen molar-refractivity contribution in [2.24, 2.45) is 35.5 Å². The van der Waals surface area contributed by atoms with Gasteiger partial charge in [-0.1, -0.05) is 70.2 Å². The van der Waals surface area contributed by atoms with E-state index < -0.39 is 12.1 Å². The topological polar surface area (TPSA) is 158 Å². The number of aromatic amines is 2. The summed E-state index contributed by atoms with van der Waals surface area (Å²) in [6.45, 7) is 8.34. The number of benzene rings is 3. The SMILES string of the molecule is COCN[C@H](C(=O)N1[C@@H]2C[C@@H]2C[C@H]1c1ncc(-c2cccc(-c3ccc4cc(-c5cnc([C@@H]6C7C8C([C@H]87)N6C(=O)[C@@H](NC(=O)OC)C(C)C)[nH]5)ccc4c3)c2)[nH]1)C(C)C. The van der Waals surface area contributed by atoms with E-state index in [1.807, 2.05) is 31.1 Å². The first-order valence-corrected chi connectivity index (χ1v) is 21.0. The Morgan fingerprint density at radius 2 is 1.36 bits per heavy atom. The van der Waals surface area contributed by atoms with Crippen molar-refractivity contribution in [3.05, 3.63) is 84.7 Å². The fourth-order valence-corrected chi connectivity index (χ4v) is 10.4. The smallest absolute Gasteiger partial charge is 0.407 e. The van der Waals surface area contributed by atoms with Crippen LogP contribution in [-0.2, 0) is 19.1 Å². The second kappa shape index (κ2) is 14.3. The molecule has 3 amide bonds. The normalized spacial score (nSPS) is 26.8. The van der Waals surface area contributed by atoms with Crippen LogP contribution in [0.2, 0.25) is 0 Å². The van der Waals surface area contributed by atoms with E-state index >= 15 is 0 Å². The van der Waals surface area contributed by atoms with Gasteiger partial charge in [-0.3, -0.25) is 14.9 Å². The van der Waals surface area contributed by atoms with Gasteiger partial charge in [-0.15, -0.1) is 0 Å². The predicted molar refractivity (Wildman–Crippen MR) is 222 cm³/mol. The molecule has 3 unspecified atom stereocenters. The van der Waals surface area contributed by atoms with E-state index in [0.717, 1.165) is 68.9 Å². The minimum atomic E-state index is -0.659. The van der Waals surface area contributed by atoms with E-state index in [4.69, 9.17) is 19.4 Å². The number of ether oxygens (including phenoxy) is 2. The van der Waals surface area contributed by atoms with Gasteiger partial charge in [0.15, 0.2) is 0 Å². The van der Waals surface area contributed by atoms with Crippen molar-refractivity contribution in [2.45, 2.75) is 76.8 Å². The number of nitrogens with one attached hydrogen (secondary N) is 4. The van der Waals surface area contributed by atoms with Gasteiger partial charge in [0.25, 0.3) is 0 Å². The number of likely N-dealkylation sites (tertiary alicyclic amines) is 1. The molecule has 11 rings (SSSR count). The van der Waals surface area contributed by atoms with E-state index in [1.165, 1.54) is 7.11 Å². The minimum absolute atomic E-state index is 0.0695. The summed E-state index contributed by atoms with van der Waals surface area (Å²) in [5, 5.41) is 8.28. The molecule has 5 heterocycles. The molecule has 13 nitrogen and oxygen atoms in total. The van der Waals surface area contributed by atoms with Gasteiger partial charge >= 0.3 is 6.09 Å². The van der Waals surface area contributed by atoms with Crippen molar-refractivity contribution >= 4 is 28.7 Å². The highest BCUT2D eigenvalue weighted by molar-refractivity contribution is 5.91. The third kappa shape index (κ3) is 6.40. The molecule has 0 radical (unpaired) electrons. The van der Waals surface area contributed by atoms with Gasteiger partial charge in [-0.2, -0.15) is 0 Å². The highest BCUT2D eigenvalue weighted by atomic mass is 16.5. The zero-order chi connectivity index (χ0) is 40.9. The zero-order valence-corrected chi connectivity index (χ0v) is 34.3. The number of hydrogen-bond acceptors (Lipinski definition) is 8. The number of carbonyl (C=O) groups is 3. The first-order valence-electron chi connectivity index (χ1n) is 21.0. The summed E-state index contributed by atoms with van der Waals surface area (Å²) in [5.41, 5.74) is 6.11. The van der Waals surface area contributed by atoms with Gasteiger partial charge in [0.2, 0.25) is 11.8 Å². The number of nitrogens with zero attached hydrogens (tertiary/aromatic N) is 4. The zero-order valence-electron chi connectivity index (χ0n) is 34.3. The number of aromatic nitrogens is 4. The molecular weight excluding hydrogens is 745 g/mol. The molecule has 306 valence electrons. The van der Waals surface area contributed by atoms with Crippen molar-refractivity contribution in [1.29, 1.82) is 0 Å². The maximum atomic E-state index is 13.9. The molecule has 3 aliphatic carbocycles. The number of carbonyl (C=O) groups excluding carboxylic acids is 3. The fraction of sp³-hybridized carbons (Fsp3) is 0.457. The molecule has 6 fully saturated rings. The Bertz CT molecular complexity index is 2450. The van der Waals surface area contributed by atoms with Crippen LogP contribution in [0.3, 0.4) is 0 Å². The lowest BCUT2D eigenvalue weighted by molar-refractivity contribution is -0.137. The molecule has 3 aliphatic heterocycles. The lowest BCUT2D eigenvalue weighted by Crippen LogP contribution is -2.51. The molecule has 13 heteroatoms. The predicted octanol–water partition coefficient (Wildman–Crippen LogP) is 6.68. The largest absolute Gasteiger partial charge is 0.453 e. The summed E-state index contributed by atoms with van der Waals surface area (Å²) in [4.78, 5) is 60.7. The quantitative estimate of drug-likeness (QED) is 0.0963. The number of imidazole rings is 2. The molecule has 10 atom stereocenters. The molecule has 4 N–H and O–H groups in total. The lowest BCUT2D eigenvalue weighted by atomic mass is 9.98. The number of hydrogen-bond donors (Lipinski definition) is 4. The van der Waals surface area contributed by atoms with Crippen molar-refractivity contribution in [3.8, 4) is 33.6 Å². The monoisotopic (exact) mass is 796 g/mol. The Morgan fingerprint density at radius 1 is 0.746 bits per heavy atom. The van der Waals surface area contributed by atoms with Gasteiger partial charge in [0.1, 0.15) is 17.7 Å². The maximum Gasteiger partial charge on any atom is 0.407 e. The third-order valence-corrected chi connectivity index (χ3v) is 13.7. The second-order valence-corrected chi connectivity index (χ2v) is 17.9. The third-order valence-electron chi connectivity index (χ3n) is 13.7. The number of methoxy groups -OCH3 is 2.